The summed E-state index contributed by atoms with van der Waals surface area (Å²) >= 11 is 0. The first-order valence-corrected chi connectivity index (χ1v) is 9.64. The zero-order valence-electron chi connectivity index (χ0n) is 14.7. The molecule has 1 saturated heterocycles. The van der Waals surface area contributed by atoms with E-state index in [0.29, 0.717) is 12.0 Å². The van der Waals surface area contributed by atoms with Crippen LogP contribution < -0.4 is 10.5 Å². The number of benzene rings is 1. The molecule has 1 fully saturated rings. The standard InChI is InChI=1S/C16H22F3N3O3S/c1-4-10-5-6-11(9-12(10)26(20,24)25)21-14(23)22-8-7-13(15(22,2)3)16(17,18)19/h5-6,9,13H,4,7-8H2,1-3H3,(H,21,23)(H2,20,24,25)/t13-/m0/s1. The average Bonchev–Trinajstić information content (AvgIpc) is 2.81. The number of rotatable bonds is 3. The fourth-order valence-corrected chi connectivity index (χ4v) is 4.26. The summed E-state index contributed by atoms with van der Waals surface area (Å²) in [6.45, 7) is 4.45. The minimum atomic E-state index is -4.40. The van der Waals surface area contributed by atoms with E-state index in [1.165, 1.54) is 32.0 Å². The van der Waals surface area contributed by atoms with E-state index < -0.39 is 33.7 Å². The largest absolute Gasteiger partial charge is 0.394 e. The maximum atomic E-state index is 13.1. The van der Waals surface area contributed by atoms with E-state index in [0.717, 1.165) is 4.90 Å². The lowest BCUT2D eigenvalue weighted by Gasteiger charge is -2.36. The molecule has 10 heteroatoms. The Morgan fingerprint density at radius 2 is 2.00 bits per heavy atom. The Hall–Kier alpha value is -1.81. The number of anilines is 1. The molecule has 1 atom stereocenters. The molecule has 3 N–H and O–H groups in total. The molecular formula is C16H22F3N3O3S. The SMILES string of the molecule is CCc1ccc(NC(=O)N2CC[C@H](C(F)(F)F)C2(C)C)cc1S(N)(=O)=O. The van der Waals surface area contributed by atoms with Crippen LogP contribution in [-0.2, 0) is 16.4 Å². The molecule has 1 aromatic rings. The highest BCUT2D eigenvalue weighted by Crippen LogP contribution is 2.44. The van der Waals surface area contributed by atoms with Crippen molar-refractivity contribution in [3.8, 4) is 0 Å². The summed E-state index contributed by atoms with van der Waals surface area (Å²) in [5, 5.41) is 7.66. The van der Waals surface area contributed by atoms with Gasteiger partial charge >= 0.3 is 12.2 Å². The Labute approximate surface area is 150 Å². The molecule has 0 spiro atoms. The fraction of sp³-hybridized carbons (Fsp3) is 0.562. The number of urea groups is 1. The first-order valence-electron chi connectivity index (χ1n) is 8.09. The molecule has 0 aromatic heterocycles. The van der Waals surface area contributed by atoms with E-state index in [9.17, 15) is 26.4 Å². The number of hydrogen-bond donors (Lipinski definition) is 2. The molecule has 1 aliphatic heterocycles. The lowest BCUT2D eigenvalue weighted by atomic mass is 9.88. The third kappa shape index (κ3) is 3.96. The van der Waals surface area contributed by atoms with Crippen molar-refractivity contribution in [2.45, 2.75) is 50.2 Å². The van der Waals surface area contributed by atoms with E-state index in [-0.39, 0.29) is 23.5 Å². The van der Waals surface area contributed by atoms with Gasteiger partial charge in [-0.1, -0.05) is 13.0 Å². The lowest BCUT2D eigenvalue weighted by Crippen LogP contribution is -2.51. The number of nitrogens with zero attached hydrogens (tertiary/aromatic N) is 1. The first-order chi connectivity index (χ1) is 11.8. The van der Waals surface area contributed by atoms with Crippen molar-refractivity contribution in [2.24, 2.45) is 11.1 Å². The van der Waals surface area contributed by atoms with Crippen LogP contribution in [-0.4, -0.2) is 37.6 Å². The molecular weight excluding hydrogens is 371 g/mol. The Balaban J connectivity index is 2.26. The zero-order chi connectivity index (χ0) is 19.9. The number of aryl methyl sites for hydroxylation is 1. The molecule has 1 heterocycles. The van der Waals surface area contributed by atoms with Gasteiger partial charge in [0.05, 0.1) is 16.4 Å². The van der Waals surface area contributed by atoms with E-state index >= 15 is 0 Å². The minimum Gasteiger partial charge on any atom is -0.319 e. The zero-order valence-corrected chi connectivity index (χ0v) is 15.5. The molecule has 0 unspecified atom stereocenters. The third-order valence-electron chi connectivity index (χ3n) is 4.84. The summed E-state index contributed by atoms with van der Waals surface area (Å²) < 4.78 is 62.8. The van der Waals surface area contributed by atoms with Gasteiger partial charge in [0.15, 0.2) is 0 Å². The van der Waals surface area contributed by atoms with Crippen LogP contribution in [0, 0.1) is 5.92 Å². The number of carbonyl (C=O) groups is 1. The van der Waals surface area contributed by atoms with Crippen LogP contribution in [0.4, 0.5) is 23.7 Å². The summed E-state index contributed by atoms with van der Waals surface area (Å²) in [6.07, 6.45) is -4.16. The number of nitrogens with one attached hydrogen (secondary N) is 1. The number of alkyl halides is 3. The Kier molecular flexibility index (Phi) is 5.31. The summed E-state index contributed by atoms with van der Waals surface area (Å²) in [6, 6.07) is 3.51. The van der Waals surface area contributed by atoms with E-state index in [1.807, 2.05) is 0 Å². The van der Waals surface area contributed by atoms with Crippen molar-refractivity contribution in [1.29, 1.82) is 0 Å². The van der Waals surface area contributed by atoms with Gasteiger partial charge < -0.3 is 10.2 Å². The summed E-state index contributed by atoms with van der Waals surface area (Å²) in [5.74, 6) is -1.62. The van der Waals surface area contributed by atoms with Crippen LogP contribution in [0.1, 0.15) is 32.8 Å². The van der Waals surface area contributed by atoms with Gasteiger partial charge in [-0.2, -0.15) is 13.2 Å². The number of primary sulfonamides is 1. The highest BCUT2D eigenvalue weighted by atomic mass is 32.2. The first kappa shape index (κ1) is 20.5. The summed E-state index contributed by atoms with van der Waals surface area (Å²) in [5.41, 5.74) is -0.763. The van der Waals surface area contributed by atoms with Crippen LogP contribution >= 0.6 is 0 Å². The molecule has 6 nitrogen and oxygen atoms in total. The van der Waals surface area contributed by atoms with Gasteiger partial charge in [0.1, 0.15) is 0 Å². The van der Waals surface area contributed by atoms with Crippen molar-refractivity contribution in [1.82, 2.24) is 4.90 Å². The van der Waals surface area contributed by atoms with Crippen molar-refractivity contribution in [3.63, 3.8) is 0 Å². The second kappa shape index (κ2) is 6.73. The van der Waals surface area contributed by atoms with Gasteiger partial charge in [-0.15, -0.1) is 0 Å². The summed E-state index contributed by atoms with van der Waals surface area (Å²) in [4.78, 5) is 13.5. The van der Waals surface area contributed by atoms with Crippen LogP contribution in [0.15, 0.2) is 23.1 Å². The van der Waals surface area contributed by atoms with Gasteiger partial charge in [0.2, 0.25) is 10.0 Å². The van der Waals surface area contributed by atoms with Crippen molar-refractivity contribution >= 4 is 21.7 Å². The van der Waals surface area contributed by atoms with Crippen LogP contribution in [0.5, 0.6) is 0 Å². The fourth-order valence-electron chi connectivity index (χ4n) is 3.40. The maximum absolute atomic E-state index is 13.1. The number of likely N-dealkylation sites (tertiary alicyclic amines) is 1. The van der Waals surface area contributed by atoms with Gasteiger partial charge in [-0.25, -0.2) is 18.4 Å². The van der Waals surface area contributed by atoms with Crippen LogP contribution in [0.2, 0.25) is 0 Å². The number of carbonyl (C=O) groups excluding carboxylic acids is 1. The number of halogens is 3. The number of nitrogens with two attached hydrogens (primary N) is 1. The maximum Gasteiger partial charge on any atom is 0.394 e. The van der Waals surface area contributed by atoms with Gasteiger partial charge in [0, 0.05) is 12.2 Å². The normalized spacial score (nSPS) is 20.3. The second-order valence-corrected chi connectivity index (χ2v) is 8.37. The minimum absolute atomic E-state index is 0.0436. The Morgan fingerprint density at radius 1 is 1.38 bits per heavy atom. The predicted octanol–water partition coefficient (Wildman–Crippen LogP) is 3.09. The predicted molar refractivity (Wildman–Crippen MR) is 91.2 cm³/mol. The quantitative estimate of drug-likeness (QED) is 0.827. The average molecular weight is 393 g/mol. The number of hydrogen-bond acceptors (Lipinski definition) is 3. The molecule has 1 aromatic carbocycles. The monoisotopic (exact) mass is 393 g/mol. The molecule has 2 amide bonds. The van der Waals surface area contributed by atoms with Crippen LogP contribution in [0.25, 0.3) is 0 Å². The Morgan fingerprint density at radius 3 is 2.46 bits per heavy atom. The van der Waals surface area contributed by atoms with Gasteiger partial charge in [-0.3, -0.25) is 0 Å². The second-order valence-electron chi connectivity index (χ2n) is 6.84. The molecule has 0 aliphatic carbocycles. The van der Waals surface area contributed by atoms with Crippen molar-refractivity contribution in [2.75, 3.05) is 11.9 Å². The molecule has 2 rings (SSSR count). The Bertz CT molecular complexity index is 807. The molecule has 26 heavy (non-hydrogen) atoms. The number of amides is 2. The van der Waals surface area contributed by atoms with Gasteiger partial charge in [-0.05, 0) is 44.4 Å². The van der Waals surface area contributed by atoms with Crippen molar-refractivity contribution in [3.05, 3.63) is 23.8 Å². The smallest absolute Gasteiger partial charge is 0.319 e. The van der Waals surface area contributed by atoms with E-state index in [4.69, 9.17) is 5.14 Å². The molecule has 0 radical (unpaired) electrons. The molecule has 0 saturated carbocycles. The lowest BCUT2D eigenvalue weighted by molar-refractivity contribution is -0.189. The molecule has 146 valence electrons. The molecule has 1 aliphatic rings. The van der Waals surface area contributed by atoms with Crippen LogP contribution in [0.3, 0.4) is 0 Å². The van der Waals surface area contributed by atoms with Gasteiger partial charge in [0.25, 0.3) is 0 Å². The highest BCUT2D eigenvalue weighted by molar-refractivity contribution is 7.89. The topological polar surface area (TPSA) is 92.5 Å². The van der Waals surface area contributed by atoms with E-state index in [2.05, 4.69) is 5.32 Å². The summed E-state index contributed by atoms with van der Waals surface area (Å²) in [7, 11) is -3.99. The molecule has 0 bridgehead atoms. The van der Waals surface area contributed by atoms with Crippen molar-refractivity contribution < 1.29 is 26.4 Å². The third-order valence-corrected chi connectivity index (χ3v) is 5.83. The highest BCUT2D eigenvalue weighted by Gasteiger charge is 2.56. The number of sulfonamides is 1. The van der Waals surface area contributed by atoms with E-state index in [1.54, 1.807) is 6.92 Å².